The number of hydrogen-bond acceptors (Lipinski definition) is 2. The molecule has 3 aromatic rings. The van der Waals surface area contributed by atoms with Crippen LogP contribution in [0.25, 0.3) is 12.2 Å². The van der Waals surface area contributed by atoms with E-state index in [9.17, 15) is 5.11 Å². The van der Waals surface area contributed by atoms with E-state index in [1.165, 1.54) is 0 Å². The van der Waals surface area contributed by atoms with Crippen LogP contribution in [0.4, 0.5) is 5.69 Å². The summed E-state index contributed by atoms with van der Waals surface area (Å²) in [6, 6.07) is 19.6. The number of benzene rings is 3. The molecule has 0 unspecified atom stereocenters. The molecule has 0 radical (unpaired) electrons. The van der Waals surface area contributed by atoms with Crippen molar-refractivity contribution in [2.45, 2.75) is 6.92 Å². The Hall–Kier alpha value is -2.91. The first-order valence-electron chi connectivity index (χ1n) is 8.56. The normalized spacial score (nSPS) is 11.3. The van der Waals surface area contributed by atoms with Crippen LogP contribution in [0.15, 0.2) is 83.3 Å². The SMILES string of the molecule is C=Cc1cccc(C=C)c1N=C(c1ccccc1)c1cc(C)cc(Br)c1O. The number of para-hydroxylation sites is 1. The number of hydrogen-bond donors (Lipinski definition) is 1. The molecule has 0 fully saturated rings. The minimum atomic E-state index is 0.166. The van der Waals surface area contributed by atoms with Crippen LogP contribution in [0.1, 0.15) is 27.8 Å². The third kappa shape index (κ3) is 3.93. The van der Waals surface area contributed by atoms with E-state index in [4.69, 9.17) is 4.99 Å². The average Bonchev–Trinajstić information content (AvgIpc) is 2.69. The maximum Gasteiger partial charge on any atom is 0.139 e. The first kappa shape index (κ1) is 18.9. The number of aliphatic imine (C=N–C) groups is 1. The standard InChI is InChI=1S/C24H20BrNO/c1-4-17-12-9-13-18(5-2)22(17)26-23(19-10-7-6-8-11-19)20-14-16(3)15-21(25)24(20)27/h4-15,27H,1-2H2,3H3. The summed E-state index contributed by atoms with van der Waals surface area (Å²) in [6.45, 7) is 9.80. The smallest absolute Gasteiger partial charge is 0.139 e. The Morgan fingerprint density at radius 1 is 0.963 bits per heavy atom. The zero-order valence-electron chi connectivity index (χ0n) is 15.1. The predicted molar refractivity (Wildman–Crippen MR) is 119 cm³/mol. The Morgan fingerprint density at radius 3 is 2.19 bits per heavy atom. The highest BCUT2D eigenvalue weighted by Gasteiger charge is 2.16. The van der Waals surface area contributed by atoms with Crippen LogP contribution < -0.4 is 0 Å². The van der Waals surface area contributed by atoms with E-state index in [1.54, 1.807) is 12.2 Å². The molecular formula is C24H20BrNO. The second kappa shape index (κ2) is 8.19. The molecule has 3 aromatic carbocycles. The molecule has 0 bridgehead atoms. The van der Waals surface area contributed by atoms with Gasteiger partial charge in [-0.3, -0.25) is 0 Å². The third-order valence-corrected chi connectivity index (χ3v) is 4.88. The van der Waals surface area contributed by atoms with Gasteiger partial charge >= 0.3 is 0 Å². The molecule has 0 saturated heterocycles. The van der Waals surface area contributed by atoms with Gasteiger partial charge in [0.25, 0.3) is 0 Å². The molecule has 3 rings (SSSR count). The second-order valence-electron chi connectivity index (χ2n) is 6.16. The van der Waals surface area contributed by atoms with Crippen LogP contribution in [0.2, 0.25) is 0 Å². The summed E-state index contributed by atoms with van der Waals surface area (Å²) in [5, 5.41) is 10.7. The fraction of sp³-hybridized carbons (Fsp3) is 0.0417. The van der Waals surface area contributed by atoms with Crippen LogP contribution in [0.5, 0.6) is 5.75 Å². The van der Waals surface area contributed by atoms with E-state index < -0.39 is 0 Å². The number of nitrogens with zero attached hydrogens (tertiary/aromatic N) is 1. The van der Waals surface area contributed by atoms with E-state index in [0.29, 0.717) is 15.7 Å². The zero-order valence-corrected chi connectivity index (χ0v) is 16.7. The molecule has 0 aliphatic carbocycles. The van der Waals surface area contributed by atoms with Gasteiger partial charge in [-0.1, -0.05) is 73.8 Å². The van der Waals surface area contributed by atoms with Crippen molar-refractivity contribution in [2.24, 2.45) is 4.99 Å². The molecule has 0 spiro atoms. The Bertz CT molecular complexity index is 1010. The number of aromatic hydroxyl groups is 1. The molecule has 0 heterocycles. The minimum Gasteiger partial charge on any atom is -0.506 e. The van der Waals surface area contributed by atoms with E-state index in [2.05, 4.69) is 29.1 Å². The summed E-state index contributed by atoms with van der Waals surface area (Å²) in [4.78, 5) is 4.98. The van der Waals surface area contributed by atoms with Gasteiger partial charge in [0.1, 0.15) is 5.75 Å². The summed E-state index contributed by atoms with van der Waals surface area (Å²) in [6.07, 6.45) is 3.56. The summed E-state index contributed by atoms with van der Waals surface area (Å²) in [5.41, 5.74) is 5.90. The average molecular weight is 418 g/mol. The van der Waals surface area contributed by atoms with Gasteiger partial charge < -0.3 is 5.11 Å². The van der Waals surface area contributed by atoms with Crippen molar-refractivity contribution < 1.29 is 5.11 Å². The summed E-state index contributed by atoms with van der Waals surface area (Å²) < 4.78 is 0.641. The van der Waals surface area contributed by atoms with E-state index in [0.717, 1.165) is 27.9 Å². The quantitative estimate of drug-likeness (QED) is 0.448. The van der Waals surface area contributed by atoms with Crippen molar-refractivity contribution in [3.63, 3.8) is 0 Å². The maximum absolute atomic E-state index is 10.7. The Labute approximate surface area is 168 Å². The van der Waals surface area contributed by atoms with Gasteiger partial charge in [-0.2, -0.15) is 0 Å². The molecule has 0 aliphatic heterocycles. The van der Waals surface area contributed by atoms with Gasteiger partial charge in [-0.15, -0.1) is 0 Å². The number of rotatable bonds is 5. The van der Waals surface area contributed by atoms with Crippen molar-refractivity contribution in [3.8, 4) is 5.75 Å². The maximum atomic E-state index is 10.7. The van der Waals surface area contributed by atoms with Crippen LogP contribution in [0, 0.1) is 6.92 Å². The van der Waals surface area contributed by atoms with Crippen molar-refractivity contribution in [3.05, 3.63) is 106 Å². The lowest BCUT2D eigenvalue weighted by Crippen LogP contribution is -2.05. The van der Waals surface area contributed by atoms with Gasteiger partial charge in [0, 0.05) is 22.3 Å². The number of aryl methyl sites for hydroxylation is 1. The molecule has 1 N–H and O–H groups in total. The van der Waals surface area contributed by atoms with Crippen molar-refractivity contribution in [2.75, 3.05) is 0 Å². The van der Waals surface area contributed by atoms with Crippen LogP contribution in [-0.4, -0.2) is 10.8 Å². The molecule has 0 aliphatic rings. The van der Waals surface area contributed by atoms with Crippen LogP contribution in [0.3, 0.4) is 0 Å². The lowest BCUT2D eigenvalue weighted by molar-refractivity contribution is 0.470. The summed E-state index contributed by atoms with van der Waals surface area (Å²) in [7, 11) is 0. The minimum absolute atomic E-state index is 0.166. The van der Waals surface area contributed by atoms with Crippen molar-refractivity contribution in [1.29, 1.82) is 0 Å². The Kier molecular flexibility index (Phi) is 5.72. The molecule has 27 heavy (non-hydrogen) atoms. The largest absolute Gasteiger partial charge is 0.506 e. The lowest BCUT2D eigenvalue weighted by atomic mass is 9.98. The molecule has 0 saturated carbocycles. The number of halogens is 1. The van der Waals surface area contributed by atoms with Gasteiger partial charge in [-0.05, 0) is 40.5 Å². The highest BCUT2D eigenvalue weighted by molar-refractivity contribution is 9.10. The molecular weight excluding hydrogens is 398 g/mol. The van der Waals surface area contributed by atoms with Gasteiger partial charge in [0.05, 0.1) is 15.9 Å². The molecule has 0 aromatic heterocycles. The third-order valence-electron chi connectivity index (χ3n) is 4.27. The molecule has 134 valence electrons. The molecule has 2 nitrogen and oxygen atoms in total. The van der Waals surface area contributed by atoms with E-state index in [-0.39, 0.29) is 5.75 Å². The van der Waals surface area contributed by atoms with E-state index in [1.807, 2.05) is 67.6 Å². The van der Waals surface area contributed by atoms with Gasteiger partial charge in [0.15, 0.2) is 0 Å². The van der Waals surface area contributed by atoms with Crippen molar-refractivity contribution in [1.82, 2.24) is 0 Å². The zero-order chi connectivity index (χ0) is 19.4. The fourth-order valence-corrected chi connectivity index (χ4v) is 3.52. The van der Waals surface area contributed by atoms with Crippen molar-refractivity contribution >= 4 is 39.5 Å². The lowest BCUT2D eigenvalue weighted by Gasteiger charge is -2.14. The fourth-order valence-electron chi connectivity index (χ4n) is 2.94. The van der Waals surface area contributed by atoms with E-state index >= 15 is 0 Å². The number of phenolic OH excluding ortho intramolecular Hbond substituents is 1. The topological polar surface area (TPSA) is 32.6 Å². The second-order valence-corrected chi connectivity index (χ2v) is 7.02. The molecule has 0 amide bonds. The first-order chi connectivity index (χ1) is 13.0. The van der Waals surface area contributed by atoms with Gasteiger partial charge in [-0.25, -0.2) is 4.99 Å². The highest BCUT2D eigenvalue weighted by atomic mass is 79.9. The van der Waals surface area contributed by atoms with Crippen LogP contribution in [-0.2, 0) is 0 Å². The van der Waals surface area contributed by atoms with Gasteiger partial charge in [0.2, 0.25) is 0 Å². The Morgan fingerprint density at radius 2 is 1.59 bits per heavy atom. The molecule has 3 heteroatoms. The summed E-state index contributed by atoms with van der Waals surface area (Å²) >= 11 is 3.44. The van der Waals surface area contributed by atoms with Crippen LogP contribution >= 0.6 is 15.9 Å². The molecule has 0 atom stereocenters. The monoisotopic (exact) mass is 417 g/mol. The Balaban J connectivity index is 2.36. The summed E-state index contributed by atoms with van der Waals surface area (Å²) in [5.74, 6) is 0.166. The first-order valence-corrected chi connectivity index (χ1v) is 9.36. The predicted octanol–water partition coefficient (Wildman–Crippen LogP) is 6.92. The number of phenols is 1. The highest BCUT2D eigenvalue weighted by Crippen LogP contribution is 2.34.